The van der Waals surface area contributed by atoms with Gasteiger partial charge in [0.25, 0.3) is 0 Å². The van der Waals surface area contributed by atoms with Crippen LogP contribution in [0.3, 0.4) is 0 Å². The highest BCUT2D eigenvalue weighted by atomic mass is 16.3. The second kappa shape index (κ2) is 9.51. The molecule has 4 nitrogen and oxygen atoms in total. The van der Waals surface area contributed by atoms with Crippen LogP contribution in [0.5, 0.6) is 0 Å². The van der Waals surface area contributed by atoms with Crippen LogP contribution in [0.4, 0.5) is 0 Å². The Balaban J connectivity index is 2.16. The maximum Gasteiger partial charge on any atom is 0.0991 e. The van der Waals surface area contributed by atoms with Crippen molar-refractivity contribution in [2.75, 3.05) is 19.7 Å². The fraction of sp³-hybridized carbons (Fsp3) is 0.533. The maximum atomic E-state index is 9.95. The van der Waals surface area contributed by atoms with Crippen LogP contribution in [-0.2, 0) is 0 Å². The van der Waals surface area contributed by atoms with Crippen molar-refractivity contribution in [3.05, 3.63) is 35.4 Å². The highest BCUT2D eigenvalue weighted by Crippen LogP contribution is 2.12. The average Bonchev–Trinajstić information content (AvgIpc) is 2.46. The van der Waals surface area contributed by atoms with E-state index < -0.39 is 6.10 Å². The van der Waals surface area contributed by atoms with Gasteiger partial charge in [-0.1, -0.05) is 25.0 Å². The Hall–Kier alpha value is -1.41. The molecule has 1 rings (SSSR count). The number of aliphatic hydroxyl groups excluding tert-OH is 2. The van der Waals surface area contributed by atoms with E-state index in [2.05, 4.69) is 11.4 Å². The zero-order chi connectivity index (χ0) is 13.9. The lowest BCUT2D eigenvalue weighted by atomic mass is 10.1. The first-order chi connectivity index (χ1) is 9.27. The SMILES string of the molecule is N#Cc1ccc(C(O)CNCCCCCCO)cc1. The molecule has 0 fully saturated rings. The molecule has 1 aromatic rings. The van der Waals surface area contributed by atoms with Crippen LogP contribution in [-0.4, -0.2) is 29.9 Å². The Morgan fingerprint density at radius 1 is 1.11 bits per heavy atom. The Labute approximate surface area is 114 Å². The number of aliphatic hydroxyl groups is 2. The van der Waals surface area contributed by atoms with E-state index in [0.29, 0.717) is 12.1 Å². The van der Waals surface area contributed by atoms with Crippen LogP contribution >= 0.6 is 0 Å². The minimum Gasteiger partial charge on any atom is -0.396 e. The van der Waals surface area contributed by atoms with E-state index in [1.165, 1.54) is 0 Å². The summed E-state index contributed by atoms with van der Waals surface area (Å²) in [7, 11) is 0. The summed E-state index contributed by atoms with van der Waals surface area (Å²) in [5.41, 5.74) is 1.43. The van der Waals surface area contributed by atoms with Crippen molar-refractivity contribution in [1.29, 1.82) is 5.26 Å². The maximum absolute atomic E-state index is 9.95. The quantitative estimate of drug-likeness (QED) is 0.592. The molecule has 0 heterocycles. The second-order valence-electron chi connectivity index (χ2n) is 4.59. The molecular formula is C15H22N2O2. The molecule has 104 valence electrons. The Bertz CT molecular complexity index is 384. The summed E-state index contributed by atoms with van der Waals surface area (Å²) < 4.78 is 0. The van der Waals surface area contributed by atoms with Crippen molar-refractivity contribution >= 4 is 0 Å². The van der Waals surface area contributed by atoms with Gasteiger partial charge in [-0.2, -0.15) is 5.26 Å². The molecule has 0 aliphatic rings. The molecule has 3 N–H and O–H groups in total. The number of nitriles is 1. The van der Waals surface area contributed by atoms with Gasteiger partial charge in [0.1, 0.15) is 0 Å². The minimum absolute atomic E-state index is 0.269. The summed E-state index contributed by atoms with van der Waals surface area (Å²) in [6.45, 7) is 1.66. The second-order valence-corrected chi connectivity index (χ2v) is 4.59. The van der Waals surface area contributed by atoms with E-state index in [-0.39, 0.29) is 6.61 Å². The average molecular weight is 262 g/mol. The van der Waals surface area contributed by atoms with Gasteiger partial charge in [0.05, 0.1) is 17.7 Å². The third kappa shape index (κ3) is 6.35. The van der Waals surface area contributed by atoms with Crippen LogP contribution in [0.2, 0.25) is 0 Å². The van der Waals surface area contributed by atoms with Crippen molar-refractivity contribution in [2.24, 2.45) is 0 Å². The molecule has 0 radical (unpaired) electrons. The molecule has 0 bridgehead atoms. The van der Waals surface area contributed by atoms with E-state index >= 15 is 0 Å². The summed E-state index contributed by atoms with van der Waals surface area (Å²) >= 11 is 0. The Kier molecular flexibility index (Phi) is 7.83. The van der Waals surface area contributed by atoms with Crippen molar-refractivity contribution in [3.63, 3.8) is 0 Å². The Morgan fingerprint density at radius 3 is 2.42 bits per heavy atom. The van der Waals surface area contributed by atoms with Gasteiger partial charge in [-0.3, -0.25) is 0 Å². The van der Waals surface area contributed by atoms with E-state index in [1.54, 1.807) is 24.3 Å². The van der Waals surface area contributed by atoms with Crippen LogP contribution in [0.15, 0.2) is 24.3 Å². The fourth-order valence-corrected chi connectivity index (χ4v) is 1.85. The standard InChI is InChI=1S/C15H22N2O2/c16-11-13-5-7-14(8-6-13)15(19)12-17-9-3-1-2-4-10-18/h5-8,15,17-19H,1-4,9-10,12H2. The van der Waals surface area contributed by atoms with Crippen LogP contribution in [0.25, 0.3) is 0 Å². The third-order valence-corrected chi connectivity index (χ3v) is 3.02. The molecule has 0 amide bonds. The van der Waals surface area contributed by atoms with Crippen molar-refractivity contribution in [3.8, 4) is 6.07 Å². The van der Waals surface area contributed by atoms with Gasteiger partial charge in [-0.15, -0.1) is 0 Å². The molecule has 1 unspecified atom stereocenters. The van der Waals surface area contributed by atoms with Gasteiger partial charge in [0.2, 0.25) is 0 Å². The topological polar surface area (TPSA) is 76.3 Å². The fourth-order valence-electron chi connectivity index (χ4n) is 1.85. The van der Waals surface area contributed by atoms with Gasteiger partial charge in [0.15, 0.2) is 0 Å². The van der Waals surface area contributed by atoms with Gasteiger partial charge in [0, 0.05) is 13.2 Å². The molecule has 0 aliphatic carbocycles. The van der Waals surface area contributed by atoms with Gasteiger partial charge >= 0.3 is 0 Å². The van der Waals surface area contributed by atoms with Crippen molar-refractivity contribution < 1.29 is 10.2 Å². The lowest BCUT2D eigenvalue weighted by molar-refractivity contribution is 0.174. The zero-order valence-electron chi connectivity index (χ0n) is 11.2. The summed E-state index contributed by atoms with van der Waals surface area (Å²) in [5, 5.41) is 30.5. The van der Waals surface area contributed by atoms with E-state index in [0.717, 1.165) is 37.8 Å². The highest BCUT2D eigenvalue weighted by Gasteiger charge is 2.06. The first-order valence-corrected chi connectivity index (χ1v) is 6.77. The predicted octanol–water partition coefficient (Wildman–Crippen LogP) is 1.73. The lowest BCUT2D eigenvalue weighted by Gasteiger charge is -2.12. The molecule has 4 heteroatoms. The normalized spacial score (nSPS) is 12.1. The van der Waals surface area contributed by atoms with E-state index in [1.807, 2.05) is 0 Å². The molecule has 0 aromatic heterocycles. The first kappa shape index (κ1) is 15.6. The number of rotatable bonds is 9. The lowest BCUT2D eigenvalue weighted by Crippen LogP contribution is -2.22. The number of hydrogen-bond acceptors (Lipinski definition) is 4. The number of nitrogens with zero attached hydrogens (tertiary/aromatic N) is 1. The van der Waals surface area contributed by atoms with E-state index in [9.17, 15) is 5.11 Å². The minimum atomic E-state index is -0.537. The highest BCUT2D eigenvalue weighted by molar-refractivity contribution is 5.32. The third-order valence-electron chi connectivity index (χ3n) is 3.02. The van der Waals surface area contributed by atoms with Crippen molar-refractivity contribution in [2.45, 2.75) is 31.8 Å². The molecule has 0 saturated carbocycles. The monoisotopic (exact) mass is 262 g/mol. The predicted molar refractivity (Wildman–Crippen MR) is 74.5 cm³/mol. The van der Waals surface area contributed by atoms with Crippen molar-refractivity contribution in [1.82, 2.24) is 5.32 Å². The molecule has 1 atom stereocenters. The van der Waals surface area contributed by atoms with E-state index in [4.69, 9.17) is 10.4 Å². The summed E-state index contributed by atoms with van der Waals surface area (Å²) in [5.74, 6) is 0. The number of benzene rings is 1. The van der Waals surface area contributed by atoms with Crippen LogP contribution in [0, 0.1) is 11.3 Å². The van der Waals surface area contributed by atoms with Gasteiger partial charge < -0.3 is 15.5 Å². The smallest absolute Gasteiger partial charge is 0.0991 e. The molecular weight excluding hydrogens is 240 g/mol. The van der Waals surface area contributed by atoms with Gasteiger partial charge in [-0.25, -0.2) is 0 Å². The largest absolute Gasteiger partial charge is 0.396 e. The van der Waals surface area contributed by atoms with Crippen LogP contribution in [0.1, 0.15) is 42.9 Å². The zero-order valence-corrected chi connectivity index (χ0v) is 11.2. The molecule has 19 heavy (non-hydrogen) atoms. The Morgan fingerprint density at radius 2 is 1.79 bits per heavy atom. The number of nitrogens with one attached hydrogen (secondary N) is 1. The summed E-state index contributed by atoms with van der Waals surface area (Å²) in [6.07, 6.45) is 3.54. The number of hydrogen-bond donors (Lipinski definition) is 3. The molecule has 0 saturated heterocycles. The first-order valence-electron chi connectivity index (χ1n) is 6.77. The molecule has 1 aromatic carbocycles. The summed E-state index contributed by atoms with van der Waals surface area (Å²) in [6, 6.07) is 9.05. The number of unbranched alkanes of at least 4 members (excludes halogenated alkanes) is 3. The molecule has 0 spiro atoms. The molecule has 0 aliphatic heterocycles. The van der Waals surface area contributed by atoms with Crippen LogP contribution < -0.4 is 5.32 Å². The van der Waals surface area contributed by atoms with Gasteiger partial charge in [-0.05, 0) is 37.1 Å². The summed E-state index contributed by atoms with van der Waals surface area (Å²) in [4.78, 5) is 0.